The van der Waals surface area contributed by atoms with Crippen LogP contribution in [-0.4, -0.2) is 43.7 Å². The summed E-state index contributed by atoms with van der Waals surface area (Å²) in [4.78, 5) is 14.2. The second-order valence-corrected chi connectivity index (χ2v) is 7.71. The summed E-state index contributed by atoms with van der Waals surface area (Å²) in [6, 6.07) is 10.1. The average molecular weight is 279 g/mol. The van der Waals surface area contributed by atoms with Crippen molar-refractivity contribution in [2.75, 3.05) is 24.6 Å². The number of hydrogen-bond acceptors (Lipinski definition) is 4. The zero-order valence-electron chi connectivity index (χ0n) is 10.7. The summed E-state index contributed by atoms with van der Waals surface area (Å²) in [6.45, 7) is 1.94. The molecule has 4 nitrogen and oxygen atoms in total. The summed E-state index contributed by atoms with van der Waals surface area (Å²) in [5, 5.41) is 0. The molecule has 0 unspecified atom stereocenters. The molecule has 0 aliphatic carbocycles. The molecule has 1 aromatic carbocycles. The number of nitrogens with zero attached hydrogens (tertiary/aromatic N) is 1. The highest BCUT2D eigenvalue weighted by Gasteiger charge is 2.43. The fraction of sp³-hybridized carbons (Fsp3) is 0.500. The maximum Gasteiger partial charge on any atom is 0.151 e. The second-order valence-electron chi connectivity index (χ2n) is 5.55. The SMILES string of the molecule is O=C1[C@@H]2CN(Cc3ccccc3)C[C@H]1CS(=O)(=O)C2. The second kappa shape index (κ2) is 4.72. The van der Waals surface area contributed by atoms with E-state index < -0.39 is 9.84 Å². The largest absolute Gasteiger partial charge is 0.299 e. The van der Waals surface area contributed by atoms with Crippen LogP contribution in [0.15, 0.2) is 30.3 Å². The zero-order chi connectivity index (χ0) is 13.5. The first kappa shape index (κ1) is 12.8. The van der Waals surface area contributed by atoms with E-state index in [4.69, 9.17) is 0 Å². The van der Waals surface area contributed by atoms with Crippen LogP contribution in [0.5, 0.6) is 0 Å². The van der Waals surface area contributed by atoms with E-state index in [2.05, 4.69) is 17.0 Å². The standard InChI is InChI=1S/C14H17NO3S/c16-14-12-7-15(6-11-4-2-1-3-5-11)8-13(14)10-19(17,18)9-12/h1-5,12-13H,6-10H2/t12-,13+. The fourth-order valence-electron chi connectivity index (χ4n) is 3.13. The van der Waals surface area contributed by atoms with Gasteiger partial charge in [-0.05, 0) is 5.56 Å². The molecular formula is C14H17NO3S. The van der Waals surface area contributed by atoms with Crippen LogP contribution in [0.2, 0.25) is 0 Å². The van der Waals surface area contributed by atoms with Crippen molar-refractivity contribution in [2.45, 2.75) is 6.54 Å². The molecule has 0 spiro atoms. The minimum Gasteiger partial charge on any atom is -0.299 e. The Bertz CT molecular complexity index is 558. The van der Waals surface area contributed by atoms with Gasteiger partial charge in [-0.3, -0.25) is 9.69 Å². The summed E-state index contributed by atoms with van der Waals surface area (Å²) in [5.41, 5.74) is 1.21. The molecule has 19 heavy (non-hydrogen) atoms. The van der Waals surface area contributed by atoms with Gasteiger partial charge in [-0.2, -0.15) is 0 Å². The molecule has 2 aliphatic heterocycles. The fourth-order valence-corrected chi connectivity index (χ4v) is 5.03. The van der Waals surface area contributed by atoms with E-state index >= 15 is 0 Å². The molecule has 2 bridgehead atoms. The summed E-state index contributed by atoms with van der Waals surface area (Å²) in [5.74, 6) is -0.414. The lowest BCUT2D eigenvalue weighted by Crippen LogP contribution is -2.54. The smallest absolute Gasteiger partial charge is 0.151 e. The molecule has 3 rings (SSSR count). The third-order valence-electron chi connectivity index (χ3n) is 3.92. The molecule has 2 saturated heterocycles. The molecule has 2 atom stereocenters. The summed E-state index contributed by atoms with van der Waals surface area (Å²) in [6.07, 6.45) is 0. The Morgan fingerprint density at radius 1 is 1.05 bits per heavy atom. The Morgan fingerprint density at radius 2 is 1.63 bits per heavy atom. The van der Waals surface area contributed by atoms with Gasteiger partial charge in [0.05, 0.1) is 11.5 Å². The first-order chi connectivity index (χ1) is 9.03. The highest BCUT2D eigenvalue weighted by atomic mass is 32.2. The van der Waals surface area contributed by atoms with Gasteiger partial charge in [0.2, 0.25) is 0 Å². The number of likely N-dealkylation sites (tertiary alicyclic amines) is 1. The van der Waals surface area contributed by atoms with Gasteiger partial charge in [0.15, 0.2) is 9.84 Å². The van der Waals surface area contributed by atoms with E-state index in [1.807, 2.05) is 18.2 Å². The lowest BCUT2D eigenvalue weighted by molar-refractivity contribution is -0.130. The number of hydrogen-bond donors (Lipinski definition) is 0. The highest BCUT2D eigenvalue weighted by Crippen LogP contribution is 2.27. The van der Waals surface area contributed by atoms with Crippen LogP contribution in [0, 0.1) is 11.8 Å². The van der Waals surface area contributed by atoms with Crippen LogP contribution >= 0.6 is 0 Å². The Balaban J connectivity index is 1.74. The van der Waals surface area contributed by atoms with Gasteiger partial charge in [0.25, 0.3) is 0 Å². The molecule has 0 saturated carbocycles. The number of piperidine rings is 1. The zero-order valence-corrected chi connectivity index (χ0v) is 11.5. The van der Waals surface area contributed by atoms with Gasteiger partial charge >= 0.3 is 0 Å². The van der Waals surface area contributed by atoms with Crippen LogP contribution in [0.3, 0.4) is 0 Å². The van der Waals surface area contributed by atoms with Crippen LogP contribution in [-0.2, 0) is 21.2 Å². The number of carbonyl (C=O) groups excluding carboxylic acids is 1. The molecule has 2 aliphatic rings. The third-order valence-corrected chi connectivity index (χ3v) is 5.74. The van der Waals surface area contributed by atoms with Gasteiger partial charge in [-0.15, -0.1) is 0 Å². The molecule has 2 heterocycles. The minimum atomic E-state index is -3.02. The van der Waals surface area contributed by atoms with Crippen molar-refractivity contribution >= 4 is 15.6 Å². The van der Waals surface area contributed by atoms with Crippen molar-refractivity contribution in [1.82, 2.24) is 4.90 Å². The molecule has 2 fully saturated rings. The molecular weight excluding hydrogens is 262 g/mol. The van der Waals surface area contributed by atoms with Gasteiger partial charge in [0, 0.05) is 31.5 Å². The number of benzene rings is 1. The minimum absolute atomic E-state index is 0.0353. The molecule has 0 N–H and O–H groups in total. The lowest BCUT2D eigenvalue weighted by Gasteiger charge is -2.39. The van der Waals surface area contributed by atoms with Crippen LogP contribution in [0.1, 0.15) is 5.56 Å². The van der Waals surface area contributed by atoms with Crippen molar-refractivity contribution in [2.24, 2.45) is 11.8 Å². The van der Waals surface area contributed by atoms with Crippen LogP contribution in [0.25, 0.3) is 0 Å². The van der Waals surface area contributed by atoms with Gasteiger partial charge in [-0.1, -0.05) is 30.3 Å². The number of rotatable bonds is 2. The van der Waals surface area contributed by atoms with Crippen molar-refractivity contribution in [3.05, 3.63) is 35.9 Å². The molecule has 0 amide bonds. The van der Waals surface area contributed by atoms with Crippen molar-refractivity contribution in [1.29, 1.82) is 0 Å². The van der Waals surface area contributed by atoms with Gasteiger partial charge in [0.1, 0.15) is 5.78 Å². The van der Waals surface area contributed by atoms with Crippen molar-refractivity contribution in [3.63, 3.8) is 0 Å². The molecule has 102 valence electrons. The highest BCUT2D eigenvalue weighted by molar-refractivity contribution is 7.91. The van der Waals surface area contributed by atoms with E-state index in [9.17, 15) is 13.2 Å². The van der Waals surface area contributed by atoms with Crippen LogP contribution in [0.4, 0.5) is 0 Å². The number of fused-ring (bicyclic) bond motifs is 2. The predicted molar refractivity (Wildman–Crippen MR) is 72.4 cm³/mol. The monoisotopic (exact) mass is 279 g/mol. The Morgan fingerprint density at radius 3 is 2.21 bits per heavy atom. The molecule has 5 heteroatoms. The Hall–Kier alpha value is -1.20. The predicted octanol–water partition coefficient (Wildman–Crippen LogP) is 0.732. The van der Waals surface area contributed by atoms with E-state index in [0.29, 0.717) is 13.1 Å². The first-order valence-electron chi connectivity index (χ1n) is 6.54. The van der Waals surface area contributed by atoms with Gasteiger partial charge < -0.3 is 0 Å². The van der Waals surface area contributed by atoms with E-state index in [1.165, 1.54) is 5.56 Å². The quantitative estimate of drug-likeness (QED) is 0.801. The van der Waals surface area contributed by atoms with Crippen LogP contribution < -0.4 is 0 Å². The molecule has 0 aromatic heterocycles. The first-order valence-corrected chi connectivity index (χ1v) is 8.36. The number of sulfone groups is 1. The number of ketones is 1. The topological polar surface area (TPSA) is 54.5 Å². The summed E-state index contributed by atoms with van der Waals surface area (Å²) >= 11 is 0. The average Bonchev–Trinajstić information content (AvgIpc) is 2.33. The number of Topliss-reactive ketones (excluding diaryl/α,β-unsaturated/α-hetero) is 1. The van der Waals surface area contributed by atoms with E-state index in [1.54, 1.807) is 0 Å². The Labute approximate surface area is 113 Å². The summed E-state index contributed by atoms with van der Waals surface area (Å²) < 4.78 is 23.4. The molecule has 0 radical (unpaired) electrons. The molecule has 1 aromatic rings. The normalized spacial score (nSPS) is 30.2. The number of carbonyl (C=O) groups is 1. The van der Waals surface area contributed by atoms with Crippen molar-refractivity contribution < 1.29 is 13.2 Å². The lowest BCUT2D eigenvalue weighted by atomic mass is 9.89. The van der Waals surface area contributed by atoms with Crippen molar-refractivity contribution in [3.8, 4) is 0 Å². The summed E-state index contributed by atoms with van der Waals surface area (Å²) in [7, 11) is -3.02. The van der Waals surface area contributed by atoms with E-state index in [-0.39, 0.29) is 29.1 Å². The maximum absolute atomic E-state index is 12.0. The Kier molecular flexibility index (Phi) is 3.19. The van der Waals surface area contributed by atoms with Gasteiger partial charge in [-0.25, -0.2) is 8.42 Å². The van der Waals surface area contributed by atoms with E-state index in [0.717, 1.165) is 6.54 Å². The third kappa shape index (κ3) is 2.72. The maximum atomic E-state index is 12.0.